The molecule has 31 heavy (non-hydrogen) atoms. The SMILES string of the molecule is O=C([N-]c1ccccc1)c1cccc2cccc(C(=O)[N-]c3ccccc3)c12.[Cl][Ti][Cl]. The molecule has 4 aromatic rings. The Morgan fingerprint density at radius 1 is 0.581 bits per heavy atom. The van der Waals surface area contributed by atoms with Crippen LogP contribution in [0.5, 0.6) is 0 Å². The van der Waals surface area contributed by atoms with Crippen molar-refractivity contribution in [1.82, 2.24) is 0 Å². The van der Waals surface area contributed by atoms with Crippen LogP contribution in [0.2, 0.25) is 0 Å². The Kier molecular flexibility index (Phi) is 8.68. The molecular weight excluding hydrogens is 467 g/mol. The number of hydrogen-bond acceptors (Lipinski definition) is 2. The van der Waals surface area contributed by atoms with E-state index in [0.29, 0.717) is 27.9 Å². The molecule has 0 heterocycles. The van der Waals surface area contributed by atoms with Crippen LogP contribution in [-0.4, -0.2) is 11.8 Å². The summed E-state index contributed by atoms with van der Waals surface area (Å²) < 4.78 is 0. The standard InChI is InChI=1S/C24H18N2O2.2ClH.Ti/c27-23(25-18-11-3-1-4-12-18)20-15-7-9-17-10-8-16-21(22(17)20)24(28)26-19-13-5-2-6-14-19;;;/h1-16H,(H2,25,26,27,28);2*1H;/q;;;+2/p-4. The van der Waals surface area contributed by atoms with Crippen molar-refractivity contribution in [1.29, 1.82) is 0 Å². The van der Waals surface area contributed by atoms with Crippen molar-refractivity contribution >= 4 is 52.6 Å². The summed E-state index contributed by atoms with van der Waals surface area (Å²) in [6, 6.07) is 28.8. The monoisotopic (exact) mass is 482 g/mol. The summed E-state index contributed by atoms with van der Waals surface area (Å²) in [5.74, 6) is -0.784. The zero-order valence-corrected chi connectivity index (χ0v) is 19.3. The average Bonchev–Trinajstić information content (AvgIpc) is 2.80. The van der Waals surface area contributed by atoms with Crippen molar-refractivity contribution in [3.8, 4) is 0 Å². The van der Waals surface area contributed by atoms with Crippen LogP contribution in [0.4, 0.5) is 11.4 Å². The predicted octanol–water partition coefficient (Wildman–Crippen LogP) is 7.91. The molecule has 0 atom stereocenters. The fourth-order valence-electron chi connectivity index (χ4n) is 3.06. The number of carbonyl (C=O) groups excluding carboxylic acids is 2. The van der Waals surface area contributed by atoms with Gasteiger partial charge in [-0.1, -0.05) is 97.1 Å². The molecule has 4 aromatic carbocycles. The number of benzene rings is 4. The van der Waals surface area contributed by atoms with Gasteiger partial charge in [0.2, 0.25) is 0 Å². The van der Waals surface area contributed by atoms with Crippen molar-refractivity contribution in [2.75, 3.05) is 0 Å². The number of hydrogen-bond donors (Lipinski definition) is 0. The van der Waals surface area contributed by atoms with E-state index in [1.807, 2.05) is 48.5 Å². The Labute approximate surface area is 197 Å². The van der Waals surface area contributed by atoms with Gasteiger partial charge in [-0.2, -0.15) is 0 Å². The predicted molar refractivity (Wildman–Crippen MR) is 123 cm³/mol. The zero-order valence-electron chi connectivity index (χ0n) is 16.2. The van der Waals surface area contributed by atoms with Crippen molar-refractivity contribution in [3.05, 3.63) is 119 Å². The van der Waals surface area contributed by atoms with Crippen molar-refractivity contribution < 1.29 is 26.6 Å². The molecule has 0 aliphatic heterocycles. The minimum absolute atomic E-state index is 0.383. The molecule has 0 saturated heterocycles. The molecule has 7 heteroatoms. The first kappa shape index (κ1) is 23.0. The molecule has 0 fully saturated rings. The van der Waals surface area contributed by atoms with Crippen molar-refractivity contribution in [2.45, 2.75) is 0 Å². The van der Waals surface area contributed by atoms with Crippen LogP contribution >= 0.6 is 18.6 Å². The van der Waals surface area contributed by atoms with Gasteiger partial charge in [0.1, 0.15) is 0 Å². The van der Waals surface area contributed by atoms with E-state index in [4.69, 9.17) is 18.6 Å². The number of rotatable bonds is 4. The second-order valence-corrected chi connectivity index (χ2v) is 8.86. The van der Waals surface area contributed by atoms with E-state index in [9.17, 15) is 9.59 Å². The molecule has 4 nitrogen and oxygen atoms in total. The van der Waals surface area contributed by atoms with E-state index in [-0.39, 0.29) is 0 Å². The normalized spacial score (nSPS) is 9.87. The molecule has 0 unspecified atom stereocenters. The minimum atomic E-state index is -0.556. The summed E-state index contributed by atoms with van der Waals surface area (Å²) in [5.41, 5.74) is 1.91. The van der Waals surface area contributed by atoms with Gasteiger partial charge in [-0.25, -0.2) is 0 Å². The molecule has 0 aromatic heterocycles. The van der Waals surface area contributed by atoms with Crippen LogP contribution in [-0.2, 0) is 17.0 Å². The molecule has 0 bridgehead atoms. The summed E-state index contributed by atoms with van der Waals surface area (Å²) in [6.45, 7) is 0. The maximum absolute atomic E-state index is 12.9. The second-order valence-electron chi connectivity index (χ2n) is 6.29. The van der Waals surface area contributed by atoms with Crippen LogP contribution in [0, 0.1) is 0 Å². The molecule has 0 saturated carbocycles. The summed E-state index contributed by atoms with van der Waals surface area (Å²) in [4.78, 5) is 25.7. The van der Waals surface area contributed by atoms with Crippen LogP contribution < -0.4 is 0 Å². The number of fused-ring (bicyclic) bond motifs is 1. The number of halogens is 2. The first-order chi connectivity index (χ1) is 15.1. The van der Waals surface area contributed by atoms with Gasteiger partial charge in [0, 0.05) is 16.5 Å². The van der Waals surface area contributed by atoms with Gasteiger partial charge in [-0.05, 0) is 5.39 Å². The molecule has 0 N–H and O–H groups in total. The van der Waals surface area contributed by atoms with Gasteiger partial charge < -0.3 is 20.2 Å². The summed E-state index contributed by atoms with van der Waals surface area (Å²) in [6.07, 6.45) is 0. The maximum atomic E-state index is 12.9. The molecule has 0 spiro atoms. The van der Waals surface area contributed by atoms with E-state index < -0.39 is 28.8 Å². The molecule has 154 valence electrons. The first-order valence-corrected chi connectivity index (χ1v) is 13.5. The fraction of sp³-hybridized carbons (Fsp3) is 0. The third-order valence-corrected chi connectivity index (χ3v) is 4.34. The van der Waals surface area contributed by atoms with E-state index in [0.717, 1.165) is 5.39 Å². The Morgan fingerprint density at radius 3 is 1.35 bits per heavy atom. The van der Waals surface area contributed by atoms with Gasteiger partial charge >= 0.3 is 35.6 Å². The Morgan fingerprint density at radius 2 is 0.968 bits per heavy atom. The molecular formula is C24H16Cl2N2O2Ti-2. The molecule has 4 rings (SSSR count). The summed E-state index contributed by atoms with van der Waals surface area (Å²) in [7, 11) is 9.78. The molecule has 0 radical (unpaired) electrons. The second kappa shape index (κ2) is 11.7. The van der Waals surface area contributed by atoms with Crippen LogP contribution in [0.3, 0.4) is 0 Å². The van der Waals surface area contributed by atoms with Crippen LogP contribution in [0.15, 0.2) is 97.1 Å². The molecule has 0 aliphatic rings. The fourth-order valence-corrected chi connectivity index (χ4v) is 3.06. The first-order valence-electron chi connectivity index (χ1n) is 9.24. The number of carbonyl (C=O) groups is 2. The van der Waals surface area contributed by atoms with Crippen LogP contribution in [0.1, 0.15) is 20.7 Å². The summed E-state index contributed by atoms with van der Waals surface area (Å²) in [5, 5.41) is 9.73. The average molecular weight is 483 g/mol. The van der Waals surface area contributed by atoms with Crippen LogP contribution in [0.25, 0.3) is 21.4 Å². The third-order valence-electron chi connectivity index (χ3n) is 4.34. The van der Waals surface area contributed by atoms with Gasteiger partial charge in [-0.15, -0.1) is 11.4 Å². The summed E-state index contributed by atoms with van der Waals surface area (Å²) >= 11 is -0.556. The van der Waals surface area contributed by atoms with E-state index >= 15 is 0 Å². The Hall–Kier alpha value is -2.63. The van der Waals surface area contributed by atoms with Gasteiger partial charge in [0.25, 0.3) is 0 Å². The molecule has 0 aliphatic carbocycles. The van der Waals surface area contributed by atoms with Crippen molar-refractivity contribution in [3.63, 3.8) is 0 Å². The zero-order chi connectivity index (χ0) is 22.1. The topological polar surface area (TPSA) is 62.3 Å². The quantitative estimate of drug-likeness (QED) is 0.277. The number of para-hydroxylation sites is 2. The van der Waals surface area contributed by atoms with Gasteiger partial charge in [-0.3, -0.25) is 0 Å². The van der Waals surface area contributed by atoms with E-state index in [2.05, 4.69) is 10.6 Å². The van der Waals surface area contributed by atoms with E-state index in [1.165, 1.54) is 0 Å². The Bertz CT molecular complexity index is 1080. The third kappa shape index (κ3) is 6.19. The van der Waals surface area contributed by atoms with E-state index in [1.54, 1.807) is 48.5 Å². The Balaban J connectivity index is 0.000000858. The number of amides is 2. The van der Waals surface area contributed by atoms with Crippen molar-refractivity contribution in [2.24, 2.45) is 0 Å². The molecule has 2 amide bonds. The number of nitrogens with zero attached hydrogens (tertiary/aromatic N) is 2. The van der Waals surface area contributed by atoms with Gasteiger partial charge in [0.05, 0.1) is 11.8 Å². The van der Waals surface area contributed by atoms with Gasteiger partial charge in [0.15, 0.2) is 0 Å².